The molecular weight excluding hydrogens is 316 g/mol. The highest BCUT2D eigenvalue weighted by Gasteiger charge is 2.09. The second-order valence-corrected chi connectivity index (χ2v) is 4.70. The minimum Gasteiger partial charge on any atom is -0.433 e. The Hall–Kier alpha value is -2.41. The number of ether oxygens (including phenoxy) is 1. The molecule has 0 bridgehead atoms. The zero-order valence-electron chi connectivity index (χ0n) is 11.5. The largest absolute Gasteiger partial charge is 0.433 e. The van der Waals surface area contributed by atoms with Crippen LogP contribution in [0.1, 0.15) is 5.56 Å². The van der Waals surface area contributed by atoms with Crippen LogP contribution in [0.5, 0.6) is 5.75 Å². The first-order valence-corrected chi connectivity index (χ1v) is 6.54. The predicted octanol–water partition coefficient (Wildman–Crippen LogP) is 3.33. The van der Waals surface area contributed by atoms with E-state index >= 15 is 0 Å². The van der Waals surface area contributed by atoms with Crippen molar-refractivity contribution >= 4 is 29.3 Å². The van der Waals surface area contributed by atoms with Crippen LogP contribution in [0.25, 0.3) is 6.08 Å². The number of benzene rings is 1. The highest BCUT2D eigenvalue weighted by Crippen LogP contribution is 2.28. The number of carbonyl (C=O) groups is 1. The number of rotatable bonds is 5. The fourth-order valence-electron chi connectivity index (χ4n) is 1.65. The summed E-state index contributed by atoms with van der Waals surface area (Å²) in [5.41, 5.74) is 1.14. The van der Waals surface area contributed by atoms with Gasteiger partial charge in [0.25, 0.3) is 0 Å². The minimum atomic E-state index is -2.96. The fourth-order valence-corrected chi connectivity index (χ4v) is 1.88. The fraction of sp³-hybridized carbons (Fsp3) is 0.143. The lowest BCUT2D eigenvalue weighted by atomic mass is 10.3. The third-order valence-electron chi connectivity index (χ3n) is 2.57. The third-order valence-corrected chi connectivity index (χ3v) is 2.86. The van der Waals surface area contributed by atoms with E-state index in [0.29, 0.717) is 5.69 Å². The van der Waals surface area contributed by atoms with E-state index in [1.165, 1.54) is 24.3 Å². The molecule has 0 aliphatic heterocycles. The van der Waals surface area contributed by atoms with Gasteiger partial charge in [-0.05, 0) is 24.3 Å². The monoisotopic (exact) mass is 327 g/mol. The molecule has 1 aromatic heterocycles. The number of anilines is 1. The van der Waals surface area contributed by atoms with Gasteiger partial charge in [0.1, 0.15) is 5.75 Å². The average Bonchev–Trinajstić information content (AvgIpc) is 2.85. The molecule has 8 heteroatoms. The normalized spacial score (nSPS) is 11.1. The van der Waals surface area contributed by atoms with E-state index < -0.39 is 6.61 Å². The SMILES string of the molecule is Cn1cc(/C=C/C(=O)Nc2ccc(OC(F)F)c(Cl)c2)cn1. The molecule has 1 heterocycles. The molecule has 1 N–H and O–H groups in total. The van der Waals surface area contributed by atoms with Crippen molar-refractivity contribution in [3.05, 3.63) is 47.3 Å². The maximum atomic E-state index is 12.1. The lowest BCUT2D eigenvalue weighted by Gasteiger charge is -2.08. The number of halogens is 3. The van der Waals surface area contributed by atoms with Crippen molar-refractivity contribution in [1.82, 2.24) is 9.78 Å². The van der Waals surface area contributed by atoms with Crippen LogP contribution >= 0.6 is 11.6 Å². The topological polar surface area (TPSA) is 56.2 Å². The van der Waals surface area contributed by atoms with Crippen LogP contribution in [0.2, 0.25) is 5.02 Å². The van der Waals surface area contributed by atoms with E-state index in [9.17, 15) is 13.6 Å². The summed E-state index contributed by atoms with van der Waals surface area (Å²) in [6.45, 7) is -2.96. The molecule has 0 saturated heterocycles. The van der Waals surface area contributed by atoms with Crippen molar-refractivity contribution in [2.24, 2.45) is 7.05 Å². The molecule has 2 rings (SSSR count). The van der Waals surface area contributed by atoms with Crippen molar-refractivity contribution in [2.45, 2.75) is 6.61 Å². The van der Waals surface area contributed by atoms with Crippen molar-refractivity contribution < 1.29 is 18.3 Å². The van der Waals surface area contributed by atoms with Gasteiger partial charge in [-0.2, -0.15) is 13.9 Å². The van der Waals surface area contributed by atoms with Gasteiger partial charge in [-0.15, -0.1) is 0 Å². The van der Waals surface area contributed by atoms with Gasteiger partial charge in [-0.3, -0.25) is 9.48 Å². The summed E-state index contributed by atoms with van der Waals surface area (Å²) in [6, 6.07) is 4.00. The third kappa shape index (κ3) is 4.56. The number of aromatic nitrogens is 2. The smallest absolute Gasteiger partial charge is 0.387 e. The van der Waals surface area contributed by atoms with Crippen molar-refractivity contribution in [2.75, 3.05) is 5.32 Å². The summed E-state index contributed by atoms with van der Waals surface area (Å²) >= 11 is 5.79. The molecule has 0 saturated carbocycles. The molecule has 0 radical (unpaired) electrons. The number of carbonyl (C=O) groups excluding carboxylic acids is 1. The van der Waals surface area contributed by atoms with Crippen molar-refractivity contribution in [1.29, 1.82) is 0 Å². The summed E-state index contributed by atoms with van der Waals surface area (Å²) in [6.07, 6.45) is 6.28. The molecular formula is C14H12ClF2N3O2. The molecule has 5 nitrogen and oxygen atoms in total. The maximum Gasteiger partial charge on any atom is 0.387 e. The summed E-state index contributed by atoms with van der Waals surface area (Å²) in [5.74, 6) is -0.539. The second kappa shape index (κ2) is 7.04. The number of amides is 1. The summed E-state index contributed by atoms with van der Waals surface area (Å²) in [4.78, 5) is 11.7. The number of nitrogens with zero attached hydrogens (tertiary/aromatic N) is 2. The number of hydrogen-bond donors (Lipinski definition) is 1. The van der Waals surface area contributed by atoms with E-state index in [1.54, 1.807) is 30.2 Å². The van der Waals surface area contributed by atoms with E-state index in [0.717, 1.165) is 5.56 Å². The van der Waals surface area contributed by atoms with Gasteiger partial charge in [0.15, 0.2) is 0 Å². The highest BCUT2D eigenvalue weighted by atomic mass is 35.5. The number of nitrogens with one attached hydrogen (secondary N) is 1. The molecule has 0 fully saturated rings. The van der Waals surface area contributed by atoms with E-state index in [4.69, 9.17) is 11.6 Å². The van der Waals surface area contributed by atoms with Crippen LogP contribution in [0.3, 0.4) is 0 Å². The van der Waals surface area contributed by atoms with Crippen LogP contribution in [-0.4, -0.2) is 22.3 Å². The lowest BCUT2D eigenvalue weighted by molar-refractivity contribution is -0.111. The van der Waals surface area contributed by atoms with Gasteiger partial charge in [0.05, 0.1) is 11.2 Å². The van der Waals surface area contributed by atoms with Gasteiger partial charge in [0, 0.05) is 30.6 Å². The Morgan fingerprint density at radius 2 is 2.27 bits per heavy atom. The van der Waals surface area contributed by atoms with Crippen molar-refractivity contribution in [3.8, 4) is 5.75 Å². The number of hydrogen-bond acceptors (Lipinski definition) is 3. The van der Waals surface area contributed by atoms with Crippen LogP contribution in [0.4, 0.5) is 14.5 Å². The first-order chi connectivity index (χ1) is 10.4. The first-order valence-electron chi connectivity index (χ1n) is 6.16. The van der Waals surface area contributed by atoms with Gasteiger partial charge in [-0.1, -0.05) is 11.6 Å². The van der Waals surface area contributed by atoms with E-state index in [2.05, 4.69) is 15.2 Å². The Balaban J connectivity index is 1.99. The highest BCUT2D eigenvalue weighted by molar-refractivity contribution is 6.32. The van der Waals surface area contributed by atoms with E-state index in [-0.39, 0.29) is 16.7 Å². The maximum absolute atomic E-state index is 12.1. The molecule has 2 aromatic rings. The quantitative estimate of drug-likeness (QED) is 0.857. The minimum absolute atomic E-state index is 0.0191. The summed E-state index contributed by atoms with van der Waals surface area (Å²) < 4.78 is 30.0. The van der Waals surface area contributed by atoms with Crippen LogP contribution in [-0.2, 0) is 11.8 Å². The lowest BCUT2D eigenvalue weighted by Crippen LogP contribution is -2.08. The molecule has 1 aromatic carbocycles. The summed E-state index contributed by atoms with van der Waals surface area (Å²) in [5, 5.41) is 6.51. The molecule has 0 aliphatic carbocycles. The zero-order valence-corrected chi connectivity index (χ0v) is 12.2. The van der Waals surface area contributed by atoms with Gasteiger partial charge in [-0.25, -0.2) is 0 Å². The molecule has 0 unspecified atom stereocenters. The Morgan fingerprint density at radius 3 is 2.86 bits per heavy atom. The van der Waals surface area contributed by atoms with Crippen LogP contribution in [0, 0.1) is 0 Å². The Bertz CT molecular complexity index is 701. The van der Waals surface area contributed by atoms with Gasteiger partial charge in [0.2, 0.25) is 5.91 Å². The van der Waals surface area contributed by atoms with Crippen LogP contribution < -0.4 is 10.1 Å². The van der Waals surface area contributed by atoms with E-state index in [1.807, 2.05) is 0 Å². The standard InChI is InChI=1S/C14H12ClF2N3O2/c1-20-8-9(7-18-20)2-5-13(21)19-10-3-4-12(11(15)6-10)22-14(16)17/h2-8,14H,1H3,(H,19,21)/b5-2+. The van der Waals surface area contributed by atoms with Crippen LogP contribution in [0.15, 0.2) is 36.7 Å². The molecule has 0 atom stereocenters. The number of alkyl halides is 2. The van der Waals surface area contributed by atoms with Gasteiger partial charge < -0.3 is 10.1 Å². The molecule has 116 valence electrons. The molecule has 0 aliphatic rings. The average molecular weight is 328 g/mol. The number of aryl methyl sites for hydroxylation is 1. The predicted molar refractivity (Wildman–Crippen MR) is 79.0 cm³/mol. The Morgan fingerprint density at radius 1 is 1.50 bits per heavy atom. The Kier molecular flexibility index (Phi) is 5.11. The summed E-state index contributed by atoms with van der Waals surface area (Å²) in [7, 11) is 1.77. The molecule has 0 spiro atoms. The first kappa shape index (κ1) is 16.0. The van der Waals surface area contributed by atoms with Crippen molar-refractivity contribution in [3.63, 3.8) is 0 Å². The molecule has 1 amide bonds. The van der Waals surface area contributed by atoms with Gasteiger partial charge >= 0.3 is 6.61 Å². The Labute approximate surface area is 130 Å². The molecule has 22 heavy (non-hydrogen) atoms. The second-order valence-electron chi connectivity index (χ2n) is 4.29. The zero-order chi connectivity index (χ0) is 16.1.